The van der Waals surface area contributed by atoms with Crippen molar-refractivity contribution < 1.29 is 14.9 Å². The first-order chi connectivity index (χ1) is 8.10. The van der Waals surface area contributed by atoms with E-state index in [0.29, 0.717) is 23.8 Å². The number of hydrogen-bond acceptors (Lipinski definition) is 6. The van der Waals surface area contributed by atoms with E-state index in [2.05, 4.69) is 10.3 Å². The van der Waals surface area contributed by atoms with Crippen molar-refractivity contribution in [1.29, 1.82) is 0 Å². The zero-order valence-electron chi connectivity index (χ0n) is 10.1. The lowest BCUT2D eigenvalue weighted by Gasteiger charge is -2.30. The van der Waals surface area contributed by atoms with E-state index < -0.39 is 5.54 Å². The highest BCUT2D eigenvalue weighted by Gasteiger charge is 2.27. The maximum absolute atomic E-state index is 9.33. The molecule has 17 heavy (non-hydrogen) atoms. The Bertz CT molecular complexity index is 359. The molecular weight excluding hydrogens is 222 g/mol. The third-order valence-electron chi connectivity index (χ3n) is 2.78. The second-order valence-corrected chi connectivity index (χ2v) is 3.87. The molecule has 6 nitrogen and oxygen atoms in total. The molecule has 0 aliphatic rings. The van der Waals surface area contributed by atoms with Crippen molar-refractivity contribution in [3.8, 4) is 5.88 Å². The van der Waals surface area contributed by atoms with Gasteiger partial charge in [0.1, 0.15) is 0 Å². The Hall–Kier alpha value is -1.53. The SMILES string of the molecule is CCC(CO)(CO)Nc1nc(OC)ccc1N. The van der Waals surface area contributed by atoms with Gasteiger partial charge in [0.2, 0.25) is 5.88 Å². The van der Waals surface area contributed by atoms with Gasteiger partial charge in [0.25, 0.3) is 0 Å². The van der Waals surface area contributed by atoms with Crippen LogP contribution in [-0.2, 0) is 0 Å². The summed E-state index contributed by atoms with van der Waals surface area (Å²) in [6.07, 6.45) is 0.540. The lowest BCUT2D eigenvalue weighted by atomic mass is 9.98. The van der Waals surface area contributed by atoms with Crippen LogP contribution in [-0.4, -0.2) is 41.1 Å². The Balaban J connectivity index is 2.99. The normalized spacial score (nSPS) is 11.3. The minimum absolute atomic E-state index is 0.210. The number of ether oxygens (including phenoxy) is 1. The van der Waals surface area contributed by atoms with Gasteiger partial charge in [-0.05, 0) is 12.5 Å². The van der Waals surface area contributed by atoms with Crippen LogP contribution in [0.5, 0.6) is 5.88 Å². The number of aromatic nitrogens is 1. The summed E-state index contributed by atoms with van der Waals surface area (Å²) in [6.45, 7) is 1.44. The largest absolute Gasteiger partial charge is 0.481 e. The van der Waals surface area contributed by atoms with Crippen molar-refractivity contribution >= 4 is 11.5 Å². The summed E-state index contributed by atoms with van der Waals surface area (Å²) in [5.41, 5.74) is 5.38. The monoisotopic (exact) mass is 241 g/mol. The van der Waals surface area contributed by atoms with Gasteiger partial charge in [0, 0.05) is 6.07 Å². The molecule has 0 aromatic carbocycles. The zero-order chi connectivity index (χ0) is 12.9. The van der Waals surface area contributed by atoms with Gasteiger partial charge >= 0.3 is 0 Å². The Labute approximate surface area is 100 Å². The molecule has 0 radical (unpaired) electrons. The molecule has 0 bridgehead atoms. The summed E-state index contributed by atoms with van der Waals surface area (Å²) < 4.78 is 4.99. The fourth-order valence-corrected chi connectivity index (χ4v) is 1.36. The highest BCUT2D eigenvalue weighted by atomic mass is 16.5. The summed E-state index contributed by atoms with van der Waals surface area (Å²) in [6, 6.07) is 3.30. The van der Waals surface area contributed by atoms with Crippen molar-refractivity contribution in [3.05, 3.63) is 12.1 Å². The summed E-state index contributed by atoms with van der Waals surface area (Å²) in [4.78, 5) is 4.14. The number of methoxy groups -OCH3 is 1. The zero-order valence-corrected chi connectivity index (χ0v) is 10.1. The van der Waals surface area contributed by atoms with E-state index in [9.17, 15) is 10.2 Å². The van der Waals surface area contributed by atoms with E-state index in [1.807, 2.05) is 6.92 Å². The van der Waals surface area contributed by atoms with Crippen LogP contribution < -0.4 is 15.8 Å². The van der Waals surface area contributed by atoms with Crippen molar-refractivity contribution in [1.82, 2.24) is 4.98 Å². The first kappa shape index (κ1) is 13.5. The van der Waals surface area contributed by atoms with Gasteiger partial charge in [-0.2, -0.15) is 4.98 Å². The van der Waals surface area contributed by atoms with Crippen molar-refractivity contribution in [2.75, 3.05) is 31.4 Å². The lowest BCUT2D eigenvalue weighted by molar-refractivity contribution is 0.132. The molecule has 1 aromatic heterocycles. The molecule has 1 aromatic rings. The molecular formula is C11H19N3O3. The number of hydrogen-bond donors (Lipinski definition) is 4. The Morgan fingerprint density at radius 3 is 2.53 bits per heavy atom. The van der Waals surface area contributed by atoms with Crippen LogP contribution in [0.15, 0.2) is 12.1 Å². The van der Waals surface area contributed by atoms with Gasteiger partial charge in [-0.1, -0.05) is 6.92 Å². The summed E-state index contributed by atoms with van der Waals surface area (Å²) >= 11 is 0. The smallest absolute Gasteiger partial charge is 0.215 e. The number of aliphatic hydroxyl groups is 2. The molecule has 1 rings (SSSR count). The van der Waals surface area contributed by atoms with Crippen LogP contribution in [0.2, 0.25) is 0 Å². The van der Waals surface area contributed by atoms with Crippen LogP contribution in [0, 0.1) is 0 Å². The third-order valence-corrected chi connectivity index (χ3v) is 2.78. The second kappa shape index (κ2) is 5.70. The Kier molecular flexibility index (Phi) is 4.53. The van der Waals surface area contributed by atoms with E-state index in [1.165, 1.54) is 7.11 Å². The van der Waals surface area contributed by atoms with E-state index in [0.717, 1.165) is 0 Å². The molecule has 0 fully saturated rings. The molecule has 0 amide bonds. The van der Waals surface area contributed by atoms with Crippen LogP contribution in [0.1, 0.15) is 13.3 Å². The van der Waals surface area contributed by atoms with Gasteiger partial charge in [0.05, 0.1) is 31.5 Å². The summed E-state index contributed by atoms with van der Waals surface area (Å²) in [7, 11) is 1.51. The van der Waals surface area contributed by atoms with Crippen molar-refractivity contribution in [2.45, 2.75) is 18.9 Å². The maximum Gasteiger partial charge on any atom is 0.215 e. The van der Waals surface area contributed by atoms with Crippen LogP contribution in [0.25, 0.3) is 0 Å². The molecule has 0 aliphatic heterocycles. The second-order valence-electron chi connectivity index (χ2n) is 3.87. The lowest BCUT2D eigenvalue weighted by Crippen LogP contribution is -2.45. The Morgan fingerprint density at radius 2 is 2.06 bits per heavy atom. The first-order valence-corrected chi connectivity index (χ1v) is 5.41. The van der Waals surface area contributed by atoms with Crippen molar-refractivity contribution in [3.63, 3.8) is 0 Å². The highest BCUT2D eigenvalue weighted by Crippen LogP contribution is 2.24. The Morgan fingerprint density at radius 1 is 1.41 bits per heavy atom. The third kappa shape index (κ3) is 2.98. The van der Waals surface area contributed by atoms with Crippen LogP contribution in [0.3, 0.4) is 0 Å². The number of nitrogens with two attached hydrogens (primary N) is 1. The topological polar surface area (TPSA) is 101 Å². The van der Waals surface area contributed by atoms with E-state index in [-0.39, 0.29) is 13.2 Å². The average molecular weight is 241 g/mol. The fourth-order valence-electron chi connectivity index (χ4n) is 1.36. The van der Waals surface area contributed by atoms with Gasteiger partial charge in [-0.15, -0.1) is 0 Å². The quantitative estimate of drug-likeness (QED) is 0.568. The van der Waals surface area contributed by atoms with Crippen LogP contribution in [0.4, 0.5) is 11.5 Å². The molecule has 0 spiro atoms. The molecule has 6 heteroatoms. The number of rotatable bonds is 6. The summed E-state index contributed by atoms with van der Waals surface area (Å²) in [5, 5.41) is 21.6. The van der Waals surface area contributed by atoms with Gasteiger partial charge in [-0.3, -0.25) is 0 Å². The minimum atomic E-state index is -0.826. The van der Waals surface area contributed by atoms with Gasteiger partial charge in [-0.25, -0.2) is 0 Å². The van der Waals surface area contributed by atoms with E-state index >= 15 is 0 Å². The standard InChI is InChI=1S/C11H19N3O3/c1-3-11(6-15,7-16)14-10-8(12)4-5-9(13-10)17-2/h4-5,15-16H,3,6-7,12H2,1-2H3,(H,13,14). The van der Waals surface area contributed by atoms with Gasteiger partial charge < -0.3 is 26.0 Å². The average Bonchev–Trinajstić information content (AvgIpc) is 2.38. The van der Waals surface area contributed by atoms with Gasteiger partial charge in [0.15, 0.2) is 5.82 Å². The van der Waals surface area contributed by atoms with Crippen LogP contribution >= 0.6 is 0 Å². The predicted octanol–water partition coefficient (Wildman–Crippen LogP) is 0.218. The molecule has 0 saturated heterocycles. The molecule has 1 heterocycles. The molecule has 96 valence electrons. The van der Waals surface area contributed by atoms with Crippen molar-refractivity contribution in [2.24, 2.45) is 0 Å². The minimum Gasteiger partial charge on any atom is -0.481 e. The number of nitrogens with one attached hydrogen (secondary N) is 1. The number of aliphatic hydroxyl groups excluding tert-OH is 2. The maximum atomic E-state index is 9.33. The molecule has 0 saturated carbocycles. The van der Waals surface area contributed by atoms with E-state index in [1.54, 1.807) is 12.1 Å². The molecule has 0 unspecified atom stereocenters. The molecule has 0 aliphatic carbocycles. The predicted molar refractivity (Wildman–Crippen MR) is 66.0 cm³/mol. The highest BCUT2D eigenvalue weighted by molar-refractivity contribution is 5.63. The number of pyridine rings is 1. The first-order valence-electron chi connectivity index (χ1n) is 5.41. The molecule has 0 atom stereocenters. The fraction of sp³-hybridized carbons (Fsp3) is 0.545. The number of nitrogens with zero attached hydrogens (tertiary/aromatic N) is 1. The van der Waals surface area contributed by atoms with E-state index in [4.69, 9.17) is 10.5 Å². The summed E-state index contributed by atoms with van der Waals surface area (Å²) in [5.74, 6) is 0.817. The number of anilines is 2. The number of nitrogen functional groups attached to an aromatic ring is 1. The molecule has 5 N–H and O–H groups in total.